The molecule has 0 bridgehead atoms. The van der Waals surface area contributed by atoms with Crippen molar-refractivity contribution in [1.29, 1.82) is 0 Å². The van der Waals surface area contributed by atoms with Gasteiger partial charge in [0.1, 0.15) is 6.17 Å². The van der Waals surface area contributed by atoms with Crippen LogP contribution >= 0.6 is 0 Å². The van der Waals surface area contributed by atoms with E-state index >= 15 is 0 Å². The van der Waals surface area contributed by atoms with E-state index in [9.17, 15) is 0 Å². The number of rotatable bonds is 35. The van der Waals surface area contributed by atoms with Gasteiger partial charge in [0.2, 0.25) is 0 Å². The molecule has 0 amide bonds. The van der Waals surface area contributed by atoms with E-state index in [-0.39, 0.29) is 0 Å². The highest BCUT2D eigenvalue weighted by Crippen LogP contribution is 2.24. The van der Waals surface area contributed by atoms with Crippen molar-refractivity contribution in [3.63, 3.8) is 0 Å². The number of hydrogen-bond acceptors (Lipinski definition) is 2. The highest BCUT2D eigenvalue weighted by molar-refractivity contribution is 4.97. The summed E-state index contributed by atoms with van der Waals surface area (Å²) in [6, 6.07) is 0. The zero-order chi connectivity index (χ0) is 30.9. The molecule has 0 aromatic rings. The SMILES string of the molecule is CCCCCCCCCCCCCCCC1N(CCCCCCCCC)C=CN1CCCCCCCCCCCCCC. The Morgan fingerprint density at radius 3 is 0.814 bits per heavy atom. The summed E-state index contributed by atoms with van der Waals surface area (Å²) in [7, 11) is 0. The van der Waals surface area contributed by atoms with E-state index in [0.717, 1.165) is 0 Å². The summed E-state index contributed by atoms with van der Waals surface area (Å²) in [6.07, 6.45) is 52.9. The van der Waals surface area contributed by atoms with E-state index in [0.29, 0.717) is 6.17 Å². The summed E-state index contributed by atoms with van der Waals surface area (Å²) < 4.78 is 0. The molecule has 0 fully saturated rings. The highest BCUT2D eigenvalue weighted by atomic mass is 15.4. The molecule has 43 heavy (non-hydrogen) atoms. The molecule has 1 aliphatic heterocycles. The number of nitrogens with zero attached hydrogens (tertiary/aromatic N) is 2. The van der Waals surface area contributed by atoms with Crippen LogP contribution in [0, 0.1) is 0 Å². The minimum atomic E-state index is 0.639. The summed E-state index contributed by atoms with van der Waals surface area (Å²) in [5.41, 5.74) is 0. The highest BCUT2D eigenvalue weighted by Gasteiger charge is 2.24. The molecule has 2 heteroatoms. The second-order valence-electron chi connectivity index (χ2n) is 14.3. The average molecular weight is 603 g/mol. The maximum Gasteiger partial charge on any atom is 0.101 e. The summed E-state index contributed by atoms with van der Waals surface area (Å²) in [4.78, 5) is 5.44. The van der Waals surface area contributed by atoms with Gasteiger partial charge in [-0.3, -0.25) is 0 Å². The fraction of sp³-hybridized carbons (Fsp3) is 0.951. The van der Waals surface area contributed by atoms with Crippen molar-refractivity contribution >= 4 is 0 Å². The van der Waals surface area contributed by atoms with Crippen molar-refractivity contribution < 1.29 is 0 Å². The van der Waals surface area contributed by atoms with Crippen molar-refractivity contribution in [3.8, 4) is 0 Å². The predicted octanol–water partition coefficient (Wildman–Crippen LogP) is 14.3. The first-order chi connectivity index (χ1) is 21.3. The first-order valence-corrected chi connectivity index (χ1v) is 20.5. The number of unbranched alkanes of at least 4 members (excludes halogenated alkanes) is 29. The third-order valence-electron chi connectivity index (χ3n) is 10.1. The third kappa shape index (κ3) is 25.2. The van der Waals surface area contributed by atoms with Crippen LogP contribution in [0.1, 0.15) is 233 Å². The van der Waals surface area contributed by atoms with Gasteiger partial charge in [-0.1, -0.05) is 207 Å². The van der Waals surface area contributed by atoms with Crippen LogP contribution in [0.4, 0.5) is 0 Å². The maximum absolute atomic E-state index is 2.72. The quantitative estimate of drug-likeness (QED) is 0.0666. The molecule has 2 nitrogen and oxygen atoms in total. The van der Waals surface area contributed by atoms with Crippen molar-refractivity contribution in [1.82, 2.24) is 9.80 Å². The smallest absolute Gasteiger partial charge is 0.101 e. The molecule has 1 unspecified atom stereocenters. The summed E-state index contributed by atoms with van der Waals surface area (Å²) in [5, 5.41) is 0. The lowest BCUT2D eigenvalue weighted by molar-refractivity contribution is 0.135. The van der Waals surface area contributed by atoms with Crippen molar-refractivity contribution in [2.45, 2.75) is 239 Å². The Kier molecular flexibility index (Phi) is 30.7. The van der Waals surface area contributed by atoms with Gasteiger partial charge in [0.15, 0.2) is 0 Å². The van der Waals surface area contributed by atoms with E-state index in [1.54, 1.807) is 0 Å². The van der Waals surface area contributed by atoms with Crippen LogP contribution in [0.25, 0.3) is 0 Å². The topological polar surface area (TPSA) is 6.48 Å². The lowest BCUT2D eigenvalue weighted by atomic mass is 10.0. The van der Waals surface area contributed by atoms with Gasteiger partial charge in [0, 0.05) is 25.5 Å². The van der Waals surface area contributed by atoms with E-state index in [1.165, 1.54) is 225 Å². The normalized spacial score (nSPS) is 14.9. The van der Waals surface area contributed by atoms with Gasteiger partial charge >= 0.3 is 0 Å². The van der Waals surface area contributed by atoms with Crippen LogP contribution in [0.5, 0.6) is 0 Å². The Balaban J connectivity index is 2.20. The van der Waals surface area contributed by atoms with E-state index in [4.69, 9.17) is 0 Å². The minimum Gasteiger partial charge on any atom is -0.356 e. The second kappa shape index (κ2) is 32.7. The molecule has 1 aliphatic rings. The van der Waals surface area contributed by atoms with Gasteiger partial charge in [0.25, 0.3) is 0 Å². The minimum absolute atomic E-state index is 0.639. The van der Waals surface area contributed by atoms with Crippen LogP contribution in [0.2, 0.25) is 0 Å². The first kappa shape index (κ1) is 40.4. The summed E-state index contributed by atoms with van der Waals surface area (Å²) >= 11 is 0. The molecule has 0 spiro atoms. The molecule has 0 aromatic carbocycles. The van der Waals surface area contributed by atoms with Gasteiger partial charge in [-0.15, -0.1) is 0 Å². The molecular weight excluding hydrogens is 520 g/mol. The molecule has 0 saturated carbocycles. The molecule has 1 rings (SSSR count). The zero-order valence-corrected chi connectivity index (χ0v) is 30.4. The van der Waals surface area contributed by atoms with Gasteiger partial charge in [-0.2, -0.15) is 0 Å². The maximum atomic E-state index is 2.72. The van der Waals surface area contributed by atoms with Gasteiger partial charge in [0.05, 0.1) is 0 Å². The average Bonchev–Trinajstić information content (AvgIpc) is 3.40. The van der Waals surface area contributed by atoms with E-state index in [2.05, 4.69) is 43.0 Å². The fourth-order valence-electron chi connectivity index (χ4n) is 7.07. The molecule has 256 valence electrons. The molecule has 0 aromatic heterocycles. The Bertz CT molecular complexity index is 558. The molecule has 0 N–H and O–H groups in total. The van der Waals surface area contributed by atoms with Crippen molar-refractivity contribution in [3.05, 3.63) is 12.4 Å². The first-order valence-electron chi connectivity index (χ1n) is 20.5. The largest absolute Gasteiger partial charge is 0.356 e. The molecule has 0 saturated heterocycles. The Hall–Kier alpha value is -0.660. The van der Waals surface area contributed by atoms with Gasteiger partial charge in [-0.25, -0.2) is 0 Å². The summed E-state index contributed by atoms with van der Waals surface area (Å²) in [5.74, 6) is 0. The second-order valence-corrected chi connectivity index (χ2v) is 14.3. The molecule has 1 atom stereocenters. The van der Waals surface area contributed by atoms with E-state index < -0.39 is 0 Å². The Morgan fingerprint density at radius 2 is 0.535 bits per heavy atom. The molecular formula is C41H82N2. The summed E-state index contributed by atoms with van der Waals surface area (Å²) in [6.45, 7) is 9.48. The predicted molar refractivity (Wildman–Crippen MR) is 196 cm³/mol. The monoisotopic (exact) mass is 603 g/mol. The van der Waals surface area contributed by atoms with Crippen LogP contribution in [-0.4, -0.2) is 29.1 Å². The fourth-order valence-corrected chi connectivity index (χ4v) is 7.07. The van der Waals surface area contributed by atoms with Crippen molar-refractivity contribution in [2.75, 3.05) is 13.1 Å². The lowest BCUT2D eigenvalue weighted by Gasteiger charge is -2.33. The van der Waals surface area contributed by atoms with Crippen LogP contribution in [0.3, 0.4) is 0 Å². The molecule has 0 aliphatic carbocycles. The Labute approximate surface area is 273 Å². The zero-order valence-electron chi connectivity index (χ0n) is 30.4. The number of hydrogen-bond donors (Lipinski definition) is 0. The van der Waals surface area contributed by atoms with Crippen LogP contribution in [0.15, 0.2) is 12.4 Å². The van der Waals surface area contributed by atoms with E-state index in [1.807, 2.05) is 0 Å². The van der Waals surface area contributed by atoms with Crippen LogP contribution in [-0.2, 0) is 0 Å². The van der Waals surface area contributed by atoms with Gasteiger partial charge in [-0.05, 0) is 25.7 Å². The van der Waals surface area contributed by atoms with Crippen molar-refractivity contribution in [2.24, 2.45) is 0 Å². The van der Waals surface area contributed by atoms with Gasteiger partial charge < -0.3 is 9.80 Å². The third-order valence-corrected chi connectivity index (χ3v) is 10.1. The lowest BCUT2D eigenvalue weighted by Crippen LogP contribution is -2.39. The molecule has 1 heterocycles. The van der Waals surface area contributed by atoms with Crippen LogP contribution < -0.4 is 0 Å². The Morgan fingerprint density at radius 1 is 0.302 bits per heavy atom. The molecule has 0 radical (unpaired) electrons. The standard InChI is InChI=1S/C41H82N2/c1-4-7-10-13-16-18-20-22-23-25-27-30-33-36-41-42(37-34-31-28-15-12-9-6-3)39-40-43(41)38-35-32-29-26-24-21-19-17-14-11-8-5-2/h39-41H,4-38H2,1-3H3.